The van der Waals surface area contributed by atoms with Crippen LogP contribution < -0.4 is 5.32 Å². The van der Waals surface area contributed by atoms with Gasteiger partial charge in [-0.2, -0.15) is 26.3 Å². The molecular formula is C60H82F6N4. The Balaban J connectivity index is 0.000000323. The standard InChI is InChI=1S/C36H49F3N2.C24H33F3N2/c1-4-7-10-12-30-15-17-31(18-16-30)28-41(26-25-40(23-8-5-2)24-9-6-3)29-32-19-21-33(22-20-32)34-13-11-14-35(27-34)36(37,38)39;1-3-5-15-29(16-6-4-2)17-14-28-19-20-10-12-21(13-11-20)22-8-7-9-23(18-22)24(25,26)27/h11,13-22,27H,4-10,12,23-26,28-29H2,1-3H3;7-13,18,28H,3-6,14-17,19H2,1-2H3. The summed E-state index contributed by atoms with van der Waals surface area (Å²) < 4.78 is 78.4. The van der Waals surface area contributed by atoms with Crippen molar-refractivity contribution in [3.05, 3.63) is 155 Å². The van der Waals surface area contributed by atoms with Crippen molar-refractivity contribution in [3.8, 4) is 22.3 Å². The van der Waals surface area contributed by atoms with E-state index in [4.69, 9.17) is 0 Å². The van der Waals surface area contributed by atoms with E-state index in [9.17, 15) is 26.3 Å². The fraction of sp³-hybridized carbons (Fsp3) is 0.500. The summed E-state index contributed by atoms with van der Waals surface area (Å²) in [6, 6.07) is 35.9. The van der Waals surface area contributed by atoms with Crippen molar-refractivity contribution in [2.24, 2.45) is 0 Å². The van der Waals surface area contributed by atoms with E-state index in [0.29, 0.717) is 11.1 Å². The lowest BCUT2D eigenvalue weighted by Gasteiger charge is -2.28. The van der Waals surface area contributed by atoms with Crippen LogP contribution in [0.15, 0.2) is 121 Å². The van der Waals surface area contributed by atoms with Crippen LogP contribution in [0.1, 0.15) is 139 Å². The van der Waals surface area contributed by atoms with Crippen molar-refractivity contribution in [2.45, 2.75) is 144 Å². The van der Waals surface area contributed by atoms with Crippen LogP contribution in [0.4, 0.5) is 26.3 Å². The van der Waals surface area contributed by atoms with Crippen molar-refractivity contribution in [1.82, 2.24) is 20.0 Å². The highest BCUT2D eigenvalue weighted by Crippen LogP contribution is 2.33. The summed E-state index contributed by atoms with van der Waals surface area (Å²) in [7, 11) is 0. The van der Waals surface area contributed by atoms with Crippen LogP contribution in [0.5, 0.6) is 0 Å². The smallest absolute Gasteiger partial charge is 0.311 e. The molecule has 5 aromatic rings. The molecule has 0 heterocycles. The first-order valence-electron chi connectivity index (χ1n) is 26.2. The van der Waals surface area contributed by atoms with Gasteiger partial charge in [0.1, 0.15) is 0 Å². The average molecular weight is 973 g/mol. The summed E-state index contributed by atoms with van der Waals surface area (Å²) >= 11 is 0. The molecule has 0 radical (unpaired) electrons. The molecule has 0 unspecified atom stereocenters. The van der Waals surface area contributed by atoms with Crippen LogP contribution in [0, 0.1) is 0 Å². The fourth-order valence-corrected chi connectivity index (χ4v) is 8.44. The quantitative estimate of drug-likeness (QED) is 0.0366. The molecule has 1 N–H and O–H groups in total. The molecule has 0 saturated heterocycles. The number of hydrogen-bond acceptors (Lipinski definition) is 4. The van der Waals surface area contributed by atoms with Gasteiger partial charge >= 0.3 is 12.4 Å². The Labute approximate surface area is 417 Å². The van der Waals surface area contributed by atoms with Crippen molar-refractivity contribution in [2.75, 3.05) is 52.4 Å². The van der Waals surface area contributed by atoms with E-state index in [1.54, 1.807) is 12.1 Å². The zero-order valence-corrected chi connectivity index (χ0v) is 42.9. The zero-order valence-electron chi connectivity index (χ0n) is 42.9. The molecule has 0 atom stereocenters. The summed E-state index contributed by atoms with van der Waals surface area (Å²) in [6.07, 6.45) is 5.99. The average Bonchev–Trinajstić information content (AvgIpc) is 3.36. The fourth-order valence-electron chi connectivity index (χ4n) is 8.44. The van der Waals surface area contributed by atoms with Crippen molar-refractivity contribution >= 4 is 0 Å². The molecule has 0 aliphatic rings. The number of unbranched alkanes of at least 4 members (excludes halogenated alkanes) is 6. The third kappa shape index (κ3) is 21.9. The normalized spacial score (nSPS) is 12.0. The first kappa shape index (κ1) is 58.1. The van der Waals surface area contributed by atoms with E-state index < -0.39 is 23.5 Å². The zero-order chi connectivity index (χ0) is 50.6. The maximum Gasteiger partial charge on any atom is 0.416 e. The highest BCUT2D eigenvalue weighted by atomic mass is 19.4. The van der Waals surface area contributed by atoms with Crippen molar-refractivity contribution in [1.29, 1.82) is 0 Å². The third-order valence-corrected chi connectivity index (χ3v) is 12.8. The summed E-state index contributed by atoms with van der Waals surface area (Å²) in [5, 5.41) is 3.48. The number of hydrogen-bond donors (Lipinski definition) is 1. The van der Waals surface area contributed by atoms with Crippen LogP contribution >= 0.6 is 0 Å². The monoisotopic (exact) mass is 973 g/mol. The molecule has 0 aliphatic carbocycles. The van der Waals surface area contributed by atoms with Crippen LogP contribution in [0.3, 0.4) is 0 Å². The number of nitrogens with one attached hydrogen (secondary N) is 1. The SMILES string of the molecule is CCCCCc1ccc(CN(CCN(CCCC)CCCC)Cc2ccc(-c3cccc(C(F)(F)F)c3)cc2)cc1.CCCCN(CCCC)CCNCc1ccc(-c2cccc(C(F)(F)F)c2)cc1. The second-order valence-electron chi connectivity index (χ2n) is 18.8. The molecule has 0 aliphatic heterocycles. The van der Waals surface area contributed by atoms with Gasteiger partial charge in [-0.25, -0.2) is 0 Å². The minimum Gasteiger partial charge on any atom is -0.311 e. The minimum atomic E-state index is -4.34. The molecule has 5 aromatic carbocycles. The number of rotatable bonds is 30. The molecule has 0 bridgehead atoms. The van der Waals surface area contributed by atoms with Gasteiger partial charge in [-0.3, -0.25) is 4.90 Å². The molecule has 0 fully saturated rings. The first-order valence-corrected chi connectivity index (χ1v) is 26.2. The summed E-state index contributed by atoms with van der Waals surface area (Å²) in [4.78, 5) is 7.64. The Morgan fingerprint density at radius 2 is 0.757 bits per heavy atom. The summed E-state index contributed by atoms with van der Waals surface area (Å²) in [6.45, 7) is 22.2. The van der Waals surface area contributed by atoms with Crippen molar-refractivity contribution < 1.29 is 26.3 Å². The van der Waals surface area contributed by atoms with Gasteiger partial charge in [0.25, 0.3) is 0 Å². The van der Waals surface area contributed by atoms with Gasteiger partial charge in [0.15, 0.2) is 0 Å². The number of nitrogens with zero attached hydrogens (tertiary/aromatic N) is 3. The van der Waals surface area contributed by atoms with E-state index in [1.165, 1.54) is 112 Å². The van der Waals surface area contributed by atoms with Crippen LogP contribution in [0.25, 0.3) is 22.3 Å². The molecule has 70 heavy (non-hydrogen) atoms. The third-order valence-electron chi connectivity index (χ3n) is 12.8. The van der Waals surface area contributed by atoms with Crippen LogP contribution in [-0.2, 0) is 38.4 Å². The predicted octanol–water partition coefficient (Wildman–Crippen LogP) is 16.4. The largest absolute Gasteiger partial charge is 0.416 e. The van der Waals surface area contributed by atoms with Crippen LogP contribution in [0.2, 0.25) is 0 Å². The summed E-state index contributed by atoms with van der Waals surface area (Å²) in [5.41, 5.74) is 6.57. The molecule has 4 nitrogen and oxygen atoms in total. The number of halogens is 6. The lowest BCUT2D eigenvalue weighted by Crippen LogP contribution is -2.36. The number of alkyl halides is 6. The van der Waals surface area contributed by atoms with E-state index in [0.717, 1.165) is 107 Å². The van der Waals surface area contributed by atoms with Crippen LogP contribution in [-0.4, -0.2) is 67.1 Å². The van der Waals surface area contributed by atoms with Gasteiger partial charge in [0.2, 0.25) is 0 Å². The van der Waals surface area contributed by atoms with E-state index in [2.05, 4.69) is 91.0 Å². The van der Waals surface area contributed by atoms with Gasteiger partial charge in [0.05, 0.1) is 11.1 Å². The molecule has 0 amide bonds. The van der Waals surface area contributed by atoms with Gasteiger partial charge in [0, 0.05) is 45.8 Å². The summed E-state index contributed by atoms with van der Waals surface area (Å²) in [5.74, 6) is 0. The van der Waals surface area contributed by atoms with E-state index in [1.807, 2.05) is 36.4 Å². The minimum absolute atomic E-state index is 0.585. The lowest BCUT2D eigenvalue weighted by molar-refractivity contribution is -0.138. The van der Waals surface area contributed by atoms with E-state index >= 15 is 0 Å². The molecule has 5 rings (SSSR count). The lowest BCUT2D eigenvalue weighted by atomic mass is 10.0. The number of aryl methyl sites for hydroxylation is 1. The number of benzene rings is 5. The topological polar surface area (TPSA) is 21.8 Å². The Kier molecular flexibility index (Phi) is 26.4. The Hall–Kier alpha value is -4.48. The Bertz CT molecular complexity index is 2120. The predicted molar refractivity (Wildman–Crippen MR) is 282 cm³/mol. The second kappa shape index (κ2) is 31.8. The maximum atomic E-state index is 13.2. The molecule has 0 saturated carbocycles. The Morgan fingerprint density at radius 3 is 1.19 bits per heavy atom. The highest BCUT2D eigenvalue weighted by Gasteiger charge is 2.31. The molecule has 384 valence electrons. The molecule has 10 heteroatoms. The molecular weight excluding hydrogens is 891 g/mol. The van der Waals surface area contributed by atoms with Gasteiger partial charge in [-0.05, 0) is 133 Å². The van der Waals surface area contributed by atoms with Gasteiger partial charge in [-0.1, -0.05) is 170 Å². The molecule has 0 aromatic heterocycles. The van der Waals surface area contributed by atoms with Gasteiger partial charge in [-0.15, -0.1) is 0 Å². The van der Waals surface area contributed by atoms with Crippen molar-refractivity contribution in [3.63, 3.8) is 0 Å². The van der Waals surface area contributed by atoms with Gasteiger partial charge < -0.3 is 15.1 Å². The Morgan fingerprint density at radius 1 is 0.371 bits per heavy atom. The van der Waals surface area contributed by atoms with E-state index in [-0.39, 0.29) is 0 Å². The molecule has 0 spiro atoms. The highest BCUT2D eigenvalue weighted by molar-refractivity contribution is 5.65. The second-order valence-corrected chi connectivity index (χ2v) is 18.8. The first-order chi connectivity index (χ1) is 33.8. The maximum absolute atomic E-state index is 13.2.